The molecule has 1 heterocycles. The highest BCUT2D eigenvalue weighted by atomic mass is 79.9. The highest BCUT2D eigenvalue weighted by Crippen LogP contribution is 2.20. The van der Waals surface area contributed by atoms with Crippen molar-refractivity contribution in [2.75, 3.05) is 5.32 Å². The number of pyridine rings is 1. The lowest BCUT2D eigenvalue weighted by Gasteiger charge is -2.09. The van der Waals surface area contributed by atoms with Crippen LogP contribution in [-0.2, 0) is 10.0 Å². The monoisotopic (exact) mass is 355 g/mol. The molecule has 0 atom stereocenters. The molecule has 0 saturated heterocycles. The Morgan fingerprint density at radius 3 is 2.50 bits per heavy atom. The molecule has 0 aliphatic rings. The van der Waals surface area contributed by atoms with Gasteiger partial charge in [0.25, 0.3) is 5.91 Å². The number of carbonyl (C=O) groups excluding carboxylic acids is 1. The van der Waals surface area contributed by atoms with Crippen LogP contribution in [-0.4, -0.2) is 19.3 Å². The minimum atomic E-state index is -3.91. The van der Waals surface area contributed by atoms with Crippen LogP contribution in [0.15, 0.2) is 52.1 Å². The smallest absolute Gasteiger partial charge is 0.257 e. The number of nitrogens with two attached hydrogens (primary N) is 1. The summed E-state index contributed by atoms with van der Waals surface area (Å²) in [5.74, 6) is -0.471. The summed E-state index contributed by atoms with van der Waals surface area (Å²) in [7, 11) is -3.91. The molecule has 104 valence electrons. The summed E-state index contributed by atoms with van der Waals surface area (Å²) in [4.78, 5) is 15.8. The molecule has 0 radical (unpaired) electrons. The van der Waals surface area contributed by atoms with E-state index in [0.717, 1.165) is 0 Å². The summed E-state index contributed by atoms with van der Waals surface area (Å²) >= 11 is 3.16. The molecule has 3 N–H and O–H groups in total. The van der Waals surface area contributed by atoms with Crippen LogP contribution in [0.1, 0.15) is 10.4 Å². The molecule has 0 spiro atoms. The SMILES string of the molecule is NS(=O)(=O)c1ccccc1NC(=O)c1ccc(Br)nc1. The number of aromatic nitrogens is 1. The van der Waals surface area contributed by atoms with Crippen LogP contribution in [0.2, 0.25) is 0 Å². The molecule has 8 heteroatoms. The molecule has 0 bridgehead atoms. The molecular weight excluding hydrogens is 346 g/mol. The number of nitrogens with zero attached hydrogens (tertiary/aromatic N) is 1. The quantitative estimate of drug-likeness (QED) is 0.818. The zero-order chi connectivity index (χ0) is 14.8. The maximum Gasteiger partial charge on any atom is 0.257 e. The number of rotatable bonds is 3. The van der Waals surface area contributed by atoms with Crippen molar-refractivity contribution in [3.8, 4) is 0 Å². The largest absolute Gasteiger partial charge is 0.321 e. The van der Waals surface area contributed by atoms with Gasteiger partial charge in [-0.1, -0.05) is 12.1 Å². The molecule has 1 amide bonds. The number of hydrogen-bond acceptors (Lipinski definition) is 4. The van der Waals surface area contributed by atoms with Gasteiger partial charge < -0.3 is 5.32 Å². The van der Waals surface area contributed by atoms with Gasteiger partial charge in [0.05, 0.1) is 11.3 Å². The highest BCUT2D eigenvalue weighted by molar-refractivity contribution is 9.10. The Morgan fingerprint density at radius 1 is 1.20 bits per heavy atom. The number of para-hydroxylation sites is 1. The number of hydrogen-bond donors (Lipinski definition) is 2. The van der Waals surface area contributed by atoms with Gasteiger partial charge in [-0.15, -0.1) is 0 Å². The van der Waals surface area contributed by atoms with Gasteiger partial charge in [-0.3, -0.25) is 4.79 Å². The number of amides is 1. The summed E-state index contributed by atoms with van der Waals surface area (Å²) < 4.78 is 23.4. The lowest BCUT2D eigenvalue weighted by molar-refractivity contribution is 0.102. The van der Waals surface area contributed by atoms with Gasteiger partial charge in [0, 0.05) is 6.20 Å². The average Bonchev–Trinajstić information content (AvgIpc) is 2.38. The van der Waals surface area contributed by atoms with Gasteiger partial charge >= 0.3 is 0 Å². The zero-order valence-corrected chi connectivity index (χ0v) is 12.5. The van der Waals surface area contributed by atoms with Crippen LogP contribution in [0.3, 0.4) is 0 Å². The molecule has 0 aliphatic carbocycles. The van der Waals surface area contributed by atoms with Crippen molar-refractivity contribution in [1.29, 1.82) is 0 Å². The van der Waals surface area contributed by atoms with E-state index in [0.29, 0.717) is 10.2 Å². The summed E-state index contributed by atoms with van der Waals surface area (Å²) in [6, 6.07) is 9.09. The first-order valence-corrected chi connectivity index (χ1v) is 7.76. The van der Waals surface area contributed by atoms with Gasteiger partial charge in [-0.05, 0) is 40.2 Å². The number of primary sulfonamides is 1. The Balaban J connectivity index is 2.31. The minimum absolute atomic E-state index is 0.128. The molecule has 20 heavy (non-hydrogen) atoms. The maximum absolute atomic E-state index is 12.0. The van der Waals surface area contributed by atoms with Crippen molar-refractivity contribution in [2.45, 2.75) is 4.90 Å². The minimum Gasteiger partial charge on any atom is -0.321 e. The number of halogens is 1. The fraction of sp³-hybridized carbons (Fsp3) is 0. The Hall–Kier alpha value is -1.77. The fourth-order valence-corrected chi connectivity index (χ4v) is 2.45. The first kappa shape index (κ1) is 14.6. The van der Waals surface area contributed by atoms with E-state index in [9.17, 15) is 13.2 Å². The number of sulfonamides is 1. The zero-order valence-electron chi connectivity index (χ0n) is 10.1. The summed E-state index contributed by atoms with van der Waals surface area (Å²) in [5.41, 5.74) is 0.431. The Morgan fingerprint density at radius 2 is 1.90 bits per heavy atom. The number of nitrogens with one attached hydrogen (secondary N) is 1. The molecule has 0 saturated carbocycles. The van der Waals surface area contributed by atoms with Crippen LogP contribution in [0, 0.1) is 0 Å². The van der Waals surface area contributed by atoms with Crippen LogP contribution < -0.4 is 10.5 Å². The first-order chi connectivity index (χ1) is 9.38. The number of benzene rings is 1. The first-order valence-electron chi connectivity index (χ1n) is 5.42. The van der Waals surface area contributed by atoms with Gasteiger partial charge in [0.1, 0.15) is 9.50 Å². The molecule has 2 rings (SSSR count). The maximum atomic E-state index is 12.0. The molecule has 6 nitrogen and oxygen atoms in total. The van der Waals surface area contributed by atoms with Crippen LogP contribution in [0.25, 0.3) is 0 Å². The van der Waals surface area contributed by atoms with E-state index in [2.05, 4.69) is 26.2 Å². The topological polar surface area (TPSA) is 102 Å². The lowest BCUT2D eigenvalue weighted by Crippen LogP contribution is -2.18. The highest BCUT2D eigenvalue weighted by Gasteiger charge is 2.15. The second-order valence-corrected chi connectivity index (χ2v) is 6.21. The standard InChI is InChI=1S/C12H10BrN3O3S/c13-11-6-5-8(7-15-11)12(17)16-9-3-1-2-4-10(9)20(14,18)19/h1-7H,(H,16,17)(H2,14,18,19). The van der Waals surface area contributed by atoms with E-state index in [1.54, 1.807) is 18.2 Å². The third-order valence-electron chi connectivity index (χ3n) is 2.43. The van der Waals surface area contributed by atoms with E-state index in [1.807, 2.05) is 0 Å². The summed E-state index contributed by atoms with van der Waals surface area (Å²) in [6.45, 7) is 0. The lowest BCUT2D eigenvalue weighted by atomic mass is 10.2. The van der Waals surface area contributed by atoms with E-state index in [1.165, 1.54) is 24.4 Å². The summed E-state index contributed by atoms with van der Waals surface area (Å²) in [6.07, 6.45) is 1.37. The van der Waals surface area contributed by atoms with Gasteiger partial charge in [0.2, 0.25) is 10.0 Å². The van der Waals surface area contributed by atoms with Crippen molar-refractivity contribution in [3.05, 3.63) is 52.8 Å². The molecule has 0 unspecified atom stereocenters. The molecule has 0 aliphatic heterocycles. The normalized spacial score (nSPS) is 11.1. The van der Waals surface area contributed by atoms with Crippen molar-refractivity contribution in [2.24, 2.45) is 5.14 Å². The third kappa shape index (κ3) is 3.41. The summed E-state index contributed by atoms with van der Waals surface area (Å²) in [5, 5.41) is 7.59. The Bertz CT molecular complexity index is 745. The van der Waals surface area contributed by atoms with Crippen LogP contribution in [0.5, 0.6) is 0 Å². The molecule has 1 aromatic heterocycles. The average molecular weight is 356 g/mol. The molecule has 1 aromatic carbocycles. The van der Waals surface area contributed by atoms with E-state index >= 15 is 0 Å². The predicted octanol–water partition coefficient (Wildman–Crippen LogP) is 1.74. The fourth-order valence-electron chi connectivity index (χ4n) is 1.52. The molecular formula is C12H10BrN3O3S. The second kappa shape index (κ2) is 5.70. The van der Waals surface area contributed by atoms with Crippen LogP contribution in [0.4, 0.5) is 5.69 Å². The third-order valence-corrected chi connectivity index (χ3v) is 3.87. The second-order valence-electron chi connectivity index (χ2n) is 3.86. The van der Waals surface area contributed by atoms with Crippen molar-refractivity contribution in [3.63, 3.8) is 0 Å². The van der Waals surface area contributed by atoms with Crippen molar-refractivity contribution < 1.29 is 13.2 Å². The van der Waals surface area contributed by atoms with E-state index in [-0.39, 0.29) is 10.6 Å². The number of carbonyl (C=O) groups is 1. The van der Waals surface area contributed by atoms with E-state index < -0.39 is 15.9 Å². The van der Waals surface area contributed by atoms with Crippen LogP contribution >= 0.6 is 15.9 Å². The molecule has 0 fully saturated rings. The van der Waals surface area contributed by atoms with Crippen molar-refractivity contribution >= 4 is 37.5 Å². The van der Waals surface area contributed by atoms with Gasteiger partial charge in [-0.2, -0.15) is 0 Å². The van der Waals surface area contributed by atoms with E-state index in [4.69, 9.17) is 5.14 Å². The van der Waals surface area contributed by atoms with Gasteiger partial charge in [0.15, 0.2) is 0 Å². The Labute approximate surface area is 124 Å². The number of anilines is 1. The van der Waals surface area contributed by atoms with Crippen molar-refractivity contribution in [1.82, 2.24) is 4.98 Å². The molecule has 2 aromatic rings. The predicted molar refractivity (Wildman–Crippen MR) is 77.7 cm³/mol. The Kier molecular flexibility index (Phi) is 4.17. The van der Waals surface area contributed by atoms with Gasteiger partial charge in [-0.25, -0.2) is 18.5 Å².